The standard InChI is InChI=1S/C22H26N4O2/c1-16-10-5-6-11-18(16)25-20(27)13-4-3-8-14-23-22(28)21-17(2)24-19-12-7-9-15-26(19)21/h5-7,9-12,15H,3-4,8,13-14H2,1-2H3,(H,23,28)(H,25,27). The Morgan fingerprint density at radius 3 is 2.61 bits per heavy atom. The monoisotopic (exact) mass is 378 g/mol. The fraction of sp³-hybridized carbons (Fsp3) is 0.318. The summed E-state index contributed by atoms with van der Waals surface area (Å²) in [6, 6.07) is 13.4. The molecule has 0 unspecified atom stereocenters. The lowest BCUT2D eigenvalue weighted by Crippen LogP contribution is -2.26. The Morgan fingerprint density at radius 2 is 1.79 bits per heavy atom. The number of fused-ring (bicyclic) bond motifs is 1. The van der Waals surface area contributed by atoms with E-state index in [1.54, 1.807) is 4.40 Å². The van der Waals surface area contributed by atoms with Gasteiger partial charge in [0.1, 0.15) is 11.3 Å². The Kier molecular flexibility index (Phi) is 6.42. The summed E-state index contributed by atoms with van der Waals surface area (Å²) in [4.78, 5) is 28.9. The second-order valence-electron chi connectivity index (χ2n) is 6.90. The van der Waals surface area contributed by atoms with Crippen LogP contribution in [0.15, 0.2) is 48.7 Å². The van der Waals surface area contributed by atoms with Crippen LogP contribution in [0, 0.1) is 13.8 Å². The molecule has 0 spiro atoms. The topological polar surface area (TPSA) is 75.5 Å². The molecule has 0 saturated carbocycles. The van der Waals surface area contributed by atoms with Crippen molar-refractivity contribution < 1.29 is 9.59 Å². The summed E-state index contributed by atoms with van der Waals surface area (Å²) in [5, 5.41) is 5.90. The van der Waals surface area contributed by atoms with E-state index in [1.165, 1.54) is 0 Å². The Morgan fingerprint density at radius 1 is 1.00 bits per heavy atom. The SMILES string of the molecule is Cc1ccccc1NC(=O)CCCCCNC(=O)c1c(C)nc2ccccn12. The van der Waals surface area contributed by atoms with E-state index < -0.39 is 0 Å². The Bertz CT molecular complexity index is 978. The van der Waals surface area contributed by atoms with Crippen LogP contribution in [-0.2, 0) is 4.79 Å². The Hall–Kier alpha value is -3.15. The Balaban J connectivity index is 1.38. The minimum Gasteiger partial charge on any atom is -0.351 e. The number of anilines is 1. The molecule has 0 aliphatic carbocycles. The molecule has 2 aromatic heterocycles. The van der Waals surface area contributed by atoms with Crippen LogP contribution in [0.1, 0.15) is 47.4 Å². The number of amides is 2. The number of hydrogen-bond donors (Lipinski definition) is 2. The van der Waals surface area contributed by atoms with Crippen LogP contribution in [0.25, 0.3) is 5.65 Å². The minimum atomic E-state index is -0.117. The number of nitrogens with one attached hydrogen (secondary N) is 2. The van der Waals surface area contributed by atoms with Crippen molar-refractivity contribution in [1.82, 2.24) is 14.7 Å². The van der Waals surface area contributed by atoms with Crippen molar-refractivity contribution in [2.24, 2.45) is 0 Å². The van der Waals surface area contributed by atoms with Crippen molar-refractivity contribution >= 4 is 23.1 Å². The van der Waals surface area contributed by atoms with Crippen LogP contribution >= 0.6 is 0 Å². The molecule has 2 heterocycles. The first-order valence-electron chi connectivity index (χ1n) is 9.63. The molecule has 0 fully saturated rings. The number of imidazole rings is 1. The quantitative estimate of drug-likeness (QED) is 0.584. The van der Waals surface area contributed by atoms with Gasteiger partial charge in [-0.05, 0) is 50.5 Å². The smallest absolute Gasteiger partial charge is 0.270 e. The summed E-state index contributed by atoms with van der Waals surface area (Å²) < 4.78 is 1.81. The highest BCUT2D eigenvalue weighted by Crippen LogP contribution is 2.14. The summed E-state index contributed by atoms with van der Waals surface area (Å²) >= 11 is 0. The Labute approximate surface area is 165 Å². The van der Waals surface area contributed by atoms with Crippen molar-refractivity contribution in [2.45, 2.75) is 39.5 Å². The van der Waals surface area contributed by atoms with E-state index in [-0.39, 0.29) is 11.8 Å². The highest BCUT2D eigenvalue weighted by Gasteiger charge is 2.15. The summed E-state index contributed by atoms with van der Waals surface area (Å²) in [5.74, 6) is -0.0896. The molecule has 0 aliphatic heterocycles. The third-order valence-electron chi connectivity index (χ3n) is 4.70. The van der Waals surface area contributed by atoms with Crippen LogP contribution in [0.3, 0.4) is 0 Å². The van der Waals surface area contributed by atoms with Crippen LogP contribution < -0.4 is 10.6 Å². The molecule has 0 aliphatic rings. The molecule has 0 atom stereocenters. The number of aromatic nitrogens is 2. The minimum absolute atomic E-state index is 0.0275. The molecular weight excluding hydrogens is 352 g/mol. The zero-order valence-electron chi connectivity index (χ0n) is 16.4. The lowest BCUT2D eigenvalue weighted by atomic mass is 10.1. The van der Waals surface area contributed by atoms with Crippen molar-refractivity contribution in [2.75, 3.05) is 11.9 Å². The van der Waals surface area contributed by atoms with Gasteiger partial charge in [0.15, 0.2) is 0 Å². The largest absolute Gasteiger partial charge is 0.351 e. The fourth-order valence-corrected chi connectivity index (χ4v) is 3.19. The average molecular weight is 378 g/mol. The van der Waals surface area contributed by atoms with E-state index in [0.717, 1.165) is 41.9 Å². The van der Waals surface area contributed by atoms with Crippen LogP contribution in [0.4, 0.5) is 5.69 Å². The van der Waals surface area contributed by atoms with Crippen LogP contribution in [0.2, 0.25) is 0 Å². The molecule has 0 bridgehead atoms. The third kappa shape index (κ3) is 4.76. The maximum atomic E-state index is 12.5. The number of aryl methyl sites for hydroxylation is 2. The first-order valence-corrected chi connectivity index (χ1v) is 9.63. The second-order valence-corrected chi connectivity index (χ2v) is 6.90. The normalized spacial score (nSPS) is 10.8. The van der Waals surface area contributed by atoms with Crippen molar-refractivity contribution in [3.8, 4) is 0 Å². The molecule has 6 nitrogen and oxygen atoms in total. The molecule has 2 N–H and O–H groups in total. The number of para-hydroxylation sites is 1. The van der Waals surface area contributed by atoms with Gasteiger partial charge in [0.05, 0.1) is 5.69 Å². The van der Waals surface area contributed by atoms with E-state index in [4.69, 9.17) is 0 Å². The van der Waals surface area contributed by atoms with Gasteiger partial charge in [0.2, 0.25) is 5.91 Å². The van der Waals surface area contributed by atoms with Gasteiger partial charge >= 0.3 is 0 Å². The predicted octanol–water partition coefficient (Wildman–Crippen LogP) is 3.88. The van der Waals surface area contributed by atoms with Gasteiger partial charge in [-0.25, -0.2) is 4.98 Å². The average Bonchev–Trinajstić information content (AvgIpc) is 3.02. The fourth-order valence-electron chi connectivity index (χ4n) is 3.19. The second kappa shape index (κ2) is 9.17. The highest BCUT2D eigenvalue weighted by atomic mass is 16.2. The number of carbonyl (C=O) groups is 2. The van der Waals surface area contributed by atoms with E-state index in [1.807, 2.05) is 62.5 Å². The summed E-state index contributed by atoms with van der Waals surface area (Å²) in [5.41, 5.74) is 3.99. The number of nitrogens with zero attached hydrogens (tertiary/aromatic N) is 2. The number of pyridine rings is 1. The lowest BCUT2D eigenvalue weighted by Gasteiger charge is -2.08. The van der Waals surface area contributed by atoms with Crippen molar-refractivity contribution in [3.63, 3.8) is 0 Å². The molecule has 28 heavy (non-hydrogen) atoms. The summed E-state index contributed by atoms with van der Waals surface area (Å²) in [6.07, 6.45) is 4.83. The maximum absolute atomic E-state index is 12.5. The van der Waals surface area contributed by atoms with E-state index in [0.29, 0.717) is 18.7 Å². The first-order chi connectivity index (χ1) is 13.6. The summed E-state index contributed by atoms with van der Waals surface area (Å²) in [7, 11) is 0. The number of hydrogen-bond acceptors (Lipinski definition) is 3. The number of benzene rings is 1. The molecule has 3 rings (SSSR count). The maximum Gasteiger partial charge on any atom is 0.270 e. The molecule has 0 radical (unpaired) electrons. The van der Waals surface area contributed by atoms with Crippen LogP contribution in [0.5, 0.6) is 0 Å². The van der Waals surface area contributed by atoms with E-state index in [9.17, 15) is 9.59 Å². The lowest BCUT2D eigenvalue weighted by molar-refractivity contribution is -0.116. The number of unbranched alkanes of at least 4 members (excludes halogenated alkanes) is 2. The van der Waals surface area contributed by atoms with Crippen LogP contribution in [-0.4, -0.2) is 27.7 Å². The van der Waals surface area contributed by atoms with Crippen molar-refractivity contribution in [1.29, 1.82) is 0 Å². The molecule has 0 saturated heterocycles. The predicted molar refractivity (Wildman–Crippen MR) is 111 cm³/mol. The molecular formula is C22H26N4O2. The molecule has 146 valence electrons. The number of carbonyl (C=O) groups excluding carboxylic acids is 2. The van der Waals surface area contributed by atoms with Gasteiger partial charge in [-0.15, -0.1) is 0 Å². The number of rotatable bonds is 8. The van der Waals surface area contributed by atoms with Gasteiger partial charge in [-0.1, -0.05) is 30.7 Å². The molecule has 6 heteroatoms. The summed E-state index contributed by atoms with van der Waals surface area (Å²) in [6.45, 7) is 4.40. The highest BCUT2D eigenvalue weighted by molar-refractivity contribution is 5.94. The van der Waals surface area contributed by atoms with Gasteiger partial charge in [-0.2, -0.15) is 0 Å². The van der Waals surface area contributed by atoms with Gasteiger partial charge in [0, 0.05) is 24.8 Å². The molecule has 2 amide bonds. The molecule has 3 aromatic rings. The van der Waals surface area contributed by atoms with Gasteiger partial charge in [-0.3, -0.25) is 14.0 Å². The van der Waals surface area contributed by atoms with E-state index in [2.05, 4.69) is 15.6 Å². The zero-order chi connectivity index (χ0) is 19.9. The van der Waals surface area contributed by atoms with Gasteiger partial charge in [0.25, 0.3) is 5.91 Å². The third-order valence-corrected chi connectivity index (χ3v) is 4.70. The molecule has 1 aromatic carbocycles. The van der Waals surface area contributed by atoms with Gasteiger partial charge < -0.3 is 10.6 Å². The van der Waals surface area contributed by atoms with E-state index >= 15 is 0 Å². The first kappa shape index (κ1) is 19.6. The van der Waals surface area contributed by atoms with Crippen molar-refractivity contribution in [3.05, 3.63) is 65.6 Å². The zero-order valence-corrected chi connectivity index (χ0v) is 16.4.